The van der Waals surface area contributed by atoms with Crippen LogP contribution in [0.4, 0.5) is 5.69 Å². The number of para-hydroxylation sites is 2. The molecule has 3 unspecified atom stereocenters. The van der Waals surface area contributed by atoms with Crippen LogP contribution in [0.1, 0.15) is 24.5 Å². The van der Waals surface area contributed by atoms with Crippen molar-refractivity contribution in [2.75, 3.05) is 11.4 Å². The molecule has 2 amide bonds. The second-order valence-corrected chi connectivity index (χ2v) is 8.24. The van der Waals surface area contributed by atoms with Crippen molar-refractivity contribution < 1.29 is 9.59 Å². The fourth-order valence-corrected chi connectivity index (χ4v) is 4.63. The van der Waals surface area contributed by atoms with Gasteiger partial charge >= 0.3 is 0 Å². The molecule has 2 heterocycles. The molecule has 5 rings (SSSR count). The number of carbonyl (C=O) groups excluding carboxylic acids is 2. The lowest BCUT2D eigenvalue weighted by Crippen LogP contribution is -2.38. The number of nitrogens with one attached hydrogen (secondary N) is 2. The Bertz CT molecular complexity index is 1090. The Balaban J connectivity index is 1.17. The first-order valence-electron chi connectivity index (χ1n) is 10.4. The van der Waals surface area contributed by atoms with Crippen molar-refractivity contribution >= 4 is 28.4 Å². The highest BCUT2D eigenvalue weighted by atomic mass is 16.2. The first-order valence-corrected chi connectivity index (χ1v) is 10.4. The lowest BCUT2D eigenvalue weighted by atomic mass is 10.1. The fourth-order valence-electron chi connectivity index (χ4n) is 4.63. The average Bonchev–Trinajstić information content (AvgIpc) is 3.33. The van der Waals surface area contributed by atoms with Gasteiger partial charge in [0.05, 0.1) is 11.8 Å². The van der Waals surface area contributed by atoms with Crippen molar-refractivity contribution in [1.82, 2.24) is 10.3 Å². The number of fused-ring (bicyclic) bond motifs is 2. The molecule has 1 aromatic heterocycles. The zero-order valence-corrected chi connectivity index (χ0v) is 16.5. The molecule has 2 N–H and O–H groups in total. The maximum atomic E-state index is 13.0. The molecule has 29 heavy (non-hydrogen) atoms. The molecule has 1 aliphatic carbocycles. The second-order valence-electron chi connectivity index (χ2n) is 8.24. The summed E-state index contributed by atoms with van der Waals surface area (Å²) < 4.78 is 0. The smallest absolute Gasteiger partial charge is 0.231 e. The number of benzene rings is 2. The van der Waals surface area contributed by atoms with Gasteiger partial charge in [-0.2, -0.15) is 0 Å². The molecule has 0 radical (unpaired) electrons. The number of rotatable bonds is 5. The number of carbonyl (C=O) groups is 2. The van der Waals surface area contributed by atoms with Gasteiger partial charge in [0.2, 0.25) is 11.8 Å². The van der Waals surface area contributed by atoms with Crippen molar-refractivity contribution in [3.63, 3.8) is 0 Å². The largest absolute Gasteiger partial charge is 0.361 e. The zero-order chi connectivity index (χ0) is 20.0. The van der Waals surface area contributed by atoms with E-state index in [9.17, 15) is 9.59 Å². The number of aromatic amines is 1. The van der Waals surface area contributed by atoms with Gasteiger partial charge in [0.15, 0.2) is 0 Å². The van der Waals surface area contributed by atoms with Gasteiger partial charge < -0.3 is 15.2 Å². The van der Waals surface area contributed by atoms with Gasteiger partial charge in [-0.15, -0.1) is 0 Å². The number of hydrogen-bond acceptors (Lipinski definition) is 2. The normalized spacial score (nSPS) is 22.5. The minimum atomic E-state index is -0.189. The third kappa shape index (κ3) is 3.20. The Hall–Kier alpha value is -3.08. The summed E-state index contributed by atoms with van der Waals surface area (Å²) in [7, 11) is 0. The van der Waals surface area contributed by atoms with Crippen LogP contribution in [0, 0.1) is 11.8 Å². The lowest BCUT2D eigenvalue weighted by Gasteiger charge is -2.23. The van der Waals surface area contributed by atoms with Crippen molar-refractivity contribution in [2.45, 2.75) is 32.2 Å². The molecule has 1 saturated carbocycles. The van der Waals surface area contributed by atoms with E-state index in [1.807, 2.05) is 41.4 Å². The van der Waals surface area contributed by atoms with E-state index in [1.54, 1.807) is 0 Å². The van der Waals surface area contributed by atoms with Crippen LogP contribution in [0.15, 0.2) is 54.7 Å². The fraction of sp³-hybridized carbons (Fsp3) is 0.333. The van der Waals surface area contributed by atoms with E-state index in [2.05, 4.69) is 35.4 Å². The third-order valence-corrected chi connectivity index (χ3v) is 6.26. The molecular formula is C24H25N3O2. The quantitative estimate of drug-likeness (QED) is 0.704. The lowest BCUT2D eigenvalue weighted by molar-refractivity contribution is -0.126. The maximum Gasteiger partial charge on any atom is 0.231 e. The van der Waals surface area contributed by atoms with E-state index in [0.717, 1.165) is 24.0 Å². The van der Waals surface area contributed by atoms with E-state index in [1.165, 1.54) is 16.5 Å². The highest BCUT2D eigenvalue weighted by Gasteiger charge is 2.51. The summed E-state index contributed by atoms with van der Waals surface area (Å²) >= 11 is 0. The molecule has 1 aliphatic heterocycles. The molecule has 2 aliphatic rings. The summed E-state index contributed by atoms with van der Waals surface area (Å²) in [6.45, 7) is 2.66. The van der Waals surface area contributed by atoms with Gasteiger partial charge in [-0.25, -0.2) is 0 Å². The summed E-state index contributed by atoms with van der Waals surface area (Å²) in [5.74, 6) is -0.273. The van der Waals surface area contributed by atoms with Gasteiger partial charge in [-0.1, -0.05) is 36.4 Å². The van der Waals surface area contributed by atoms with Gasteiger partial charge in [0.1, 0.15) is 0 Å². The van der Waals surface area contributed by atoms with Gasteiger partial charge in [0.25, 0.3) is 0 Å². The predicted octanol–water partition coefficient (Wildman–Crippen LogP) is 3.44. The van der Waals surface area contributed by atoms with E-state index in [0.29, 0.717) is 13.0 Å². The van der Waals surface area contributed by atoms with E-state index >= 15 is 0 Å². The Morgan fingerprint density at radius 2 is 1.90 bits per heavy atom. The number of nitrogens with zero attached hydrogens (tertiary/aromatic N) is 1. The number of hydrogen-bond donors (Lipinski definition) is 2. The van der Waals surface area contributed by atoms with Gasteiger partial charge in [0, 0.05) is 35.4 Å². The van der Waals surface area contributed by atoms with Crippen molar-refractivity contribution in [3.8, 4) is 0 Å². The maximum absolute atomic E-state index is 13.0. The van der Waals surface area contributed by atoms with Crippen LogP contribution in [0.25, 0.3) is 10.9 Å². The molecule has 5 nitrogen and oxygen atoms in total. The topological polar surface area (TPSA) is 65.2 Å². The van der Waals surface area contributed by atoms with E-state index in [4.69, 9.17) is 0 Å². The first-order chi connectivity index (χ1) is 14.1. The standard InChI is InChI=1S/C24H25N3O2/c1-15-12-16-6-2-5-9-22(16)27(15)24(29)20-13-19(20)23(28)25-11-10-17-14-26-21-8-4-3-7-18(17)21/h2-9,14-15,19-20,26H,10-13H2,1H3,(H,25,28). The molecule has 3 atom stereocenters. The molecule has 0 spiro atoms. The van der Waals surface area contributed by atoms with Crippen molar-refractivity contribution in [1.29, 1.82) is 0 Å². The molecular weight excluding hydrogens is 362 g/mol. The zero-order valence-electron chi connectivity index (χ0n) is 16.5. The SMILES string of the molecule is CC1Cc2ccccc2N1C(=O)C1CC1C(=O)NCCc1c[nH]c2ccccc12. The van der Waals surface area contributed by atoms with Crippen LogP contribution in [-0.2, 0) is 22.4 Å². The molecule has 0 bridgehead atoms. The summed E-state index contributed by atoms with van der Waals surface area (Å²) in [6, 6.07) is 16.4. The van der Waals surface area contributed by atoms with Crippen LogP contribution in [0.3, 0.4) is 0 Å². The molecule has 3 aromatic rings. The average molecular weight is 387 g/mol. The number of amides is 2. The molecule has 5 heteroatoms. The highest BCUT2D eigenvalue weighted by molar-refractivity contribution is 6.02. The van der Waals surface area contributed by atoms with Crippen LogP contribution in [0.2, 0.25) is 0 Å². The molecule has 1 fully saturated rings. The van der Waals surface area contributed by atoms with Gasteiger partial charge in [-0.05, 0) is 49.4 Å². The summed E-state index contributed by atoms with van der Waals surface area (Å²) in [5.41, 5.74) is 4.54. The predicted molar refractivity (Wildman–Crippen MR) is 114 cm³/mol. The molecule has 148 valence electrons. The Morgan fingerprint density at radius 3 is 2.79 bits per heavy atom. The first kappa shape index (κ1) is 18.0. The third-order valence-electron chi connectivity index (χ3n) is 6.26. The Labute approximate surface area is 170 Å². The minimum absolute atomic E-state index is 0.00308. The van der Waals surface area contributed by atoms with Crippen molar-refractivity contribution in [2.24, 2.45) is 11.8 Å². The van der Waals surface area contributed by atoms with Gasteiger partial charge in [-0.3, -0.25) is 9.59 Å². The van der Waals surface area contributed by atoms with E-state index < -0.39 is 0 Å². The monoisotopic (exact) mass is 387 g/mol. The van der Waals surface area contributed by atoms with Crippen LogP contribution in [-0.4, -0.2) is 29.4 Å². The summed E-state index contributed by atoms with van der Waals surface area (Å²) in [6.07, 6.45) is 4.32. The summed E-state index contributed by atoms with van der Waals surface area (Å²) in [4.78, 5) is 30.8. The summed E-state index contributed by atoms with van der Waals surface area (Å²) in [5, 5.41) is 4.23. The van der Waals surface area contributed by atoms with Crippen LogP contribution in [0.5, 0.6) is 0 Å². The minimum Gasteiger partial charge on any atom is -0.361 e. The number of anilines is 1. The number of H-pyrrole nitrogens is 1. The van der Waals surface area contributed by atoms with Crippen molar-refractivity contribution in [3.05, 3.63) is 65.9 Å². The Morgan fingerprint density at radius 1 is 1.10 bits per heavy atom. The second kappa shape index (κ2) is 7.07. The molecule has 2 aromatic carbocycles. The Kier molecular flexibility index (Phi) is 4.38. The molecule has 0 saturated heterocycles. The van der Waals surface area contributed by atoms with E-state index in [-0.39, 0.29) is 29.7 Å². The highest BCUT2D eigenvalue weighted by Crippen LogP contribution is 2.43. The van der Waals surface area contributed by atoms with Crippen LogP contribution >= 0.6 is 0 Å². The number of aromatic nitrogens is 1. The van der Waals surface area contributed by atoms with Crippen LogP contribution < -0.4 is 10.2 Å².